The quantitative estimate of drug-likeness (QED) is 0.862. The summed E-state index contributed by atoms with van der Waals surface area (Å²) in [5.74, 6) is -0.338. The van der Waals surface area contributed by atoms with Gasteiger partial charge in [0.15, 0.2) is 0 Å². The molecule has 0 unspecified atom stereocenters. The average Bonchev–Trinajstić information content (AvgIpc) is 2.77. The SMILES string of the molecule is CCOC(=O)c1sc2nc(C)c3c(c2c1N)CCCC3. The molecule has 2 aromatic heterocycles. The number of nitrogen functional groups attached to an aromatic ring is 1. The van der Waals surface area contributed by atoms with Crippen LogP contribution in [0.2, 0.25) is 0 Å². The molecule has 0 aromatic carbocycles. The number of rotatable bonds is 2. The smallest absolute Gasteiger partial charge is 0.350 e. The number of ether oxygens (including phenoxy) is 1. The van der Waals surface area contributed by atoms with Crippen LogP contribution in [0.4, 0.5) is 5.69 Å². The number of hydrogen-bond donors (Lipinski definition) is 1. The molecule has 2 aromatic rings. The van der Waals surface area contributed by atoms with Gasteiger partial charge in [-0.25, -0.2) is 9.78 Å². The molecule has 5 heteroatoms. The molecule has 20 heavy (non-hydrogen) atoms. The second-order valence-corrected chi connectivity index (χ2v) is 6.11. The lowest BCUT2D eigenvalue weighted by Crippen LogP contribution is -2.08. The van der Waals surface area contributed by atoms with Crippen molar-refractivity contribution in [1.29, 1.82) is 0 Å². The highest BCUT2D eigenvalue weighted by molar-refractivity contribution is 7.21. The second kappa shape index (κ2) is 5.05. The number of nitrogens with two attached hydrogens (primary N) is 1. The van der Waals surface area contributed by atoms with Crippen LogP contribution in [0.15, 0.2) is 0 Å². The summed E-state index contributed by atoms with van der Waals surface area (Å²) < 4.78 is 5.08. The molecule has 3 rings (SSSR count). The Morgan fingerprint density at radius 3 is 2.75 bits per heavy atom. The molecule has 0 atom stereocenters. The van der Waals surface area contributed by atoms with E-state index in [0.717, 1.165) is 28.8 Å². The molecule has 4 nitrogen and oxygen atoms in total. The third kappa shape index (κ3) is 1.97. The van der Waals surface area contributed by atoms with E-state index in [1.807, 2.05) is 6.92 Å². The monoisotopic (exact) mass is 290 g/mol. The van der Waals surface area contributed by atoms with Crippen molar-refractivity contribution in [2.45, 2.75) is 39.5 Å². The van der Waals surface area contributed by atoms with Crippen LogP contribution in [-0.4, -0.2) is 17.6 Å². The maximum absolute atomic E-state index is 12.0. The molecule has 0 bridgehead atoms. The molecule has 106 valence electrons. The average molecular weight is 290 g/mol. The summed E-state index contributed by atoms with van der Waals surface area (Å²) in [5.41, 5.74) is 10.5. The topological polar surface area (TPSA) is 65.2 Å². The molecular weight excluding hydrogens is 272 g/mol. The van der Waals surface area contributed by atoms with Gasteiger partial charge in [0, 0.05) is 11.1 Å². The summed E-state index contributed by atoms with van der Waals surface area (Å²) in [4.78, 5) is 18.0. The molecule has 0 spiro atoms. The normalized spacial score (nSPS) is 14.3. The van der Waals surface area contributed by atoms with Crippen molar-refractivity contribution in [3.05, 3.63) is 21.7 Å². The maximum Gasteiger partial charge on any atom is 0.350 e. The Kier molecular flexibility index (Phi) is 3.38. The largest absolute Gasteiger partial charge is 0.462 e. The summed E-state index contributed by atoms with van der Waals surface area (Å²) in [5, 5.41) is 0.985. The zero-order valence-corrected chi connectivity index (χ0v) is 12.6. The van der Waals surface area contributed by atoms with Gasteiger partial charge in [0.1, 0.15) is 9.71 Å². The zero-order chi connectivity index (χ0) is 14.3. The molecule has 2 heterocycles. The van der Waals surface area contributed by atoms with Crippen molar-refractivity contribution in [2.24, 2.45) is 0 Å². The highest BCUT2D eigenvalue weighted by Gasteiger charge is 2.24. The van der Waals surface area contributed by atoms with Gasteiger partial charge in [-0.15, -0.1) is 11.3 Å². The van der Waals surface area contributed by atoms with Crippen LogP contribution in [0, 0.1) is 6.92 Å². The maximum atomic E-state index is 12.0. The van der Waals surface area contributed by atoms with Gasteiger partial charge in [0.2, 0.25) is 0 Å². The first-order valence-electron chi connectivity index (χ1n) is 7.01. The Bertz CT molecular complexity index is 691. The van der Waals surface area contributed by atoms with E-state index in [-0.39, 0.29) is 5.97 Å². The predicted molar refractivity (Wildman–Crippen MR) is 81.4 cm³/mol. The number of aromatic nitrogens is 1. The van der Waals surface area contributed by atoms with E-state index in [4.69, 9.17) is 10.5 Å². The van der Waals surface area contributed by atoms with E-state index >= 15 is 0 Å². The van der Waals surface area contributed by atoms with Crippen LogP contribution < -0.4 is 5.73 Å². The summed E-state index contributed by atoms with van der Waals surface area (Å²) in [6.07, 6.45) is 4.47. The number of hydrogen-bond acceptors (Lipinski definition) is 5. The third-order valence-corrected chi connectivity index (χ3v) is 4.94. The van der Waals surface area contributed by atoms with Gasteiger partial charge < -0.3 is 10.5 Å². The molecule has 1 aliphatic carbocycles. The molecule has 2 N–H and O–H groups in total. The molecule has 0 radical (unpaired) electrons. The van der Waals surface area contributed by atoms with Gasteiger partial charge in [0.25, 0.3) is 0 Å². The van der Waals surface area contributed by atoms with Gasteiger partial charge in [-0.05, 0) is 50.7 Å². The van der Waals surface area contributed by atoms with Crippen LogP contribution >= 0.6 is 11.3 Å². The number of esters is 1. The van der Waals surface area contributed by atoms with E-state index in [1.165, 1.54) is 35.3 Å². The van der Waals surface area contributed by atoms with Crippen molar-refractivity contribution >= 4 is 33.2 Å². The van der Waals surface area contributed by atoms with Gasteiger partial charge in [-0.2, -0.15) is 0 Å². The summed E-state index contributed by atoms with van der Waals surface area (Å²) in [6.45, 7) is 4.20. The van der Waals surface area contributed by atoms with Crippen LogP contribution in [0.25, 0.3) is 10.2 Å². The second-order valence-electron chi connectivity index (χ2n) is 5.11. The van der Waals surface area contributed by atoms with Crippen LogP contribution in [0.3, 0.4) is 0 Å². The Labute approximate surface area is 122 Å². The first kappa shape index (κ1) is 13.4. The van der Waals surface area contributed by atoms with E-state index < -0.39 is 0 Å². The molecule has 0 saturated carbocycles. The van der Waals surface area contributed by atoms with Crippen molar-refractivity contribution in [2.75, 3.05) is 12.3 Å². The minimum absolute atomic E-state index is 0.338. The lowest BCUT2D eigenvalue weighted by Gasteiger charge is -2.18. The molecule has 0 fully saturated rings. The molecule has 0 amide bonds. The Morgan fingerprint density at radius 2 is 2.05 bits per heavy atom. The molecule has 1 aliphatic rings. The fourth-order valence-corrected chi connectivity index (χ4v) is 4.02. The molecule has 0 saturated heterocycles. The number of fused-ring (bicyclic) bond motifs is 3. The van der Waals surface area contributed by atoms with Gasteiger partial charge in [-0.1, -0.05) is 0 Å². The van der Waals surface area contributed by atoms with Gasteiger partial charge in [-0.3, -0.25) is 0 Å². The number of carbonyl (C=O) groups is 1. The standard InChI is InChI=1S/C15H18N2O2S/c1-3-19-15(18)13-12(16)11-10-7-5-4-6-9(10)8(2)17-14(11)20-13/h3-7,16H2,1-2H3. The van der Waals surface area contributed by atoms with Crippen LogP contribution in [0.5, 0.6) is 0 Å². The molecular formula is C15H18N2O2S. The number of nitrogens with zero attached hydrogens (tertiary/aromatic N) is 1. The first-order chi connectivity index (χ1) is 9.63. The number of pyridine rings is 1. The fraction of sp³-hybridized carbons (Fsp3) is 0.467. The van der Waals surface area contributed by atoms with Crippen molar-refractivity contribution in [3.8, 4) is 0 Å². The highest BCUT2D eigenvalue weighted by atomic mass is 32.1. The summed E-state index contributed by atoms with van der Waals surface area (Å²) >= 11 is 1.35. The Morgan fingerprint density at radius 1 is 1.35 bits per heavy atom. The summed E-state index contributed by atoms with van der Waals surface area (Å²) in [6, 6.07) is 0. The van der Waals surface area contributed by atoms with Gasteiger partial charge in [0.05, 0.1) is 12.3 Å². The number of aryl methyl sites for hydroxylation is 2. The van der Waals surface area contributed by atoms with E-state index in [9.17, 15) is 4.79 Å². The van der Waals surface area contributed by atoms with Crippen LogP contribution in [0.1, 0.15) is 46.3 Å². The van der Waals surface area contributed by atoms with Crippen molar-refractivity contribution < 1.29 is 9.53 Å². The Balaban J connectivity index is 2.24. The lowest BCUT2D eigenvalue weighted by atomic mass is 9.89. The minimum atomic E-state index is -0.338. The highest BCUT2D eigenvalue weighted by Crippen LogP contribution is 2.39. The minimum Gasteiger partial charge on any atom is -0.462 e. The third-order valence-electron chi connectivity index (χ3n) is 3.86. The zero-order valence-electron chi connectivity index (χ0n) is 11.8. The van der Waals surface area contributed by atoms with E-state index in [1.54, 1.807) is 6.92 Å². The van der Waals surface area contributed by atoms with Gasteiger partial charge >= 0.3 is 5.97 Å². The lowest BCUT2D eigenvalue weighted by molar-refractivity contribution is 0.0533. The molecule has 0 aliphatic heterocycles. The number of anilines is 1. The van der Waals surface area contributed by atoms with Crippen LogP contribution in [-0.2, 0) is 17.6 Å². The number of thiophene rings is 1. The van der Waals surface area contributed by atoms with Crippen molar-refractivity contribution in [1.82, 2.24) is 4.98 Å². The fourth-order valence-electron chi connectivity index (χ4n) is 2.95. The van der Waals surface area contributed by atoms with E-state index in [2.05, 4.69) is 4.98 Å². The number of carbonyl (C=O) groups excluding carboxylic acids is 1. The van der Waals surface area contributed by atoms with Crippen molar-refractivity contribution in [3.63, 3.8) is 0 Å². The predicted octanol–water partition coefficient (Wildman–Crippen LogP) is 3.24. The van der Waals surface area contributed by atoms with E-state index in [0.29, 0.717) is 17.2 Å². The first-order valence-corrected chi connectivity index (χ1v) is 7.82. The Hall–Kier alpha value is -1.62. The summed E-state index contributed by atoms with van der Waals surface area (Å²) in [7, 11) is 0.